The van der Waals surface area contributed by atoms with Crippen molar-refractivity contribution in [3.8, 4) is 5.75 Å². The minimum atomic E-state index is -0.650. The van der Waals surface area contributed by atoms with E-state index in [0.717, 1.165) is 10.8 Å². The zero-order chi connectivity index (χ0) is 20.6. The van der Waals surface area contributed by atoms with Gasteiger partial charge in [-0.15, -0.1) is 0 Å². The molecule has 0 aliphatic carbocycles. The Morgan fingerprint density at radius 2 is 1.59 bits per heavy atom. The van der Waals surface area contributed by atoms with Crippen molar-refractivity contribution in [1.29, 1.82) is 0 Å². The summed E-state index contributed by atoms with van der Waals surface area (Å²) in [5.41, 5.74) is 0.967. The van der Waals surface area contributed by atoms with Gasteiger partial charge in [-0.3, -0.25) is 9.59 Å². The van der Waals surface area contributed by atoms with Crippen LogP contribution in [0.4, 0.5) is 5.69 Å². The van der Waals surface area contributed by atoms with E-state index in [1.807, 2.05) is 36.4 Å². The van der Waals surface area contributed by atoms with Crippen molar-refractivity contribution in [3.63, 3.8) is 0 Å². The van der Waals surface area contributed by atoms with Crippen molar-refractivity contribution in [2.75, 3.05) is 25.6 Å². The van der Waals surface area contributed by atoms with Gasteiger partial charge < -0.3 is 20.1 Å². The largest absolute Gasteiger partial charge is 0.482 e. The highest BCUT2D eigenvalue weighted by Gasteiger charge is 2.10. The third kappa shape index (κ3) is 5.55. The molecule has 29 heavy (non-hydrogen) atoms. The summed E-state index contributed by atoms with van der Waals surface area (Å²) in [6, 6.07) is 19.6. The molecule has 0 radical (unpaired) electrons. The molecule has 2 amide bonds. The maximum atomic E-state index is 11.9. The molecule has 3 aromatic carbocycles. The standard InChI is InChI=1S/C22H20N2O5/c1-23-22(27)16-6-9-18(10-7-16)24-20(25)13-29-21(26)14-28-19-11-8-15-4-2-3-5-17(15)12-19/h2-12H,13-14H2,1H3,(H,23,27)(H,24,25). The Balaban J connectivity index is 1.43. The lowest BCUT2D eigenvalue weighted by Crippen LogP contribution is -2.23. The van der Waals surface area contributed by atoms with E-state index in [2.05, 4.69) is 10.6 Å². The summed E-state index contributed by atoms with van der Waals surface area (Å²) < 4.78 is 10.4. The Kier molecular flexibility index (Phi) is 6.42. The number of fused-ring (bicyclic) bond motifs is 1. The Bertz CT molecular complexity index is 1030. The van der Waals surface area contributed by atoms with E-state index in [1.165, 1.54) is 7.05 Å². The van der Waals surface area contributed by atoms with Gasteiger partial charge in [-0.2, -0.15) is 0 Å². The molecular formula is C22H20N2O5. The van der Waals surface area contributed by atoms with Crippen LogP contribution >= 0.6 is 0 Å². The van der Waals surface area contributed by atoms with E-state index in [-0.39, 0.29) is 12.5 Å². The highest BCUT2D eigenvalue weighted by molar-refractivity contribution is 5.96. The van der Waals surface area contributed by atoms with Gasteiger partial charge >= 0.3 is 5.97 Å². The molecule has 0 bridgehead atoms. The molecule has 0 heterocycles. The normalized spacial score (nSPS) is 10.2. The highest BCUT2D eigenvalue weighted by Crippen LogP contribution is 2.20. The van der Waals surface area contributed by atoms with Gasteiger partial charge in [0.25, 0.3) is 11.8 Å². The maximum Gasteiger partial charge on any atom is 0.344 e. The summed E-state index contributed by atoms with van der Waals surface area (Å²) in [6.07, 6.45) is 0. The van der Waals surface area contributed by atoms with Crippen LogP contribution < -0.4 is 15.4 Å². The smallest absolute Gasteiger partial charge is 0.344 e. The number of hydrogen-bond acceptors (Lipinski definition) is 5. The molecule has 0 aromatic heterocycles. The maximum absolute atomic E-state index is 11.9. The lowest BCUT2D eigenvalue weighted by Gasteiger charge is -2.09. The third-order valence-corrected chi connectivity index (χ3v) is 4.10. The van der Waals surface area contributed by atoms with Crippen molar-refractivity contribution < 1.29 is 23.9 Å². The Labute approximate surface area is 167 Å². The predicted octanol–water partition coefficient (Wildman–Crippen LogP) is 2.76. The second-order valence-corrected chi connectivity index (χ2v) is 6.16. The fourth-order valence-electron chi connectivity index (χ4n) is 2.63. The number of benzene rings is 3. The first kappa shape index (κ1) is 19.9. The van der Waals surface area contributed by atoms with Gasteiger partial charge in [-0.25, -0.2) is 4.79 Å². The van der Waals surface area contributed by atoms with Crippen molar-refractivity contribution in [3.05, 3.63) is 72.3 Å². The summed E-state index contributed by atoms with van der Waals surface area (Å²) in [6.45, 7) is -0.733. The number of amides is 2. The lowest BCUT2D eigenvalue weighted by atomic mass is 10.1. The molecule has 0 aliphatic heterocycles. The van der Waals surface area contributed by atoms with Crippen LogP contribution in [0, 0.1) is 0 Å². The minimum absolute atomic E-state index is 0.219. The average Bonchev–Trinajstić information content (AvgIpc) is 2.76. The molecular weight excluding hydrogens is 372 g/mol. The summed E-state index contributed by atoms with van der Waals surface area (Å²) >= 11 is 0. The number of carbonyl (C=O) groups excluding carboxylic acids is 3. The lowest BCUT2D eigenvalue weighted by molar-refractivity contribution is -0.149. The van der Waals surface area contributed by atoms with Crippen LogP contribution in [0.25, 0.3) is 10.8 Å². The quantitative estimate of drug-likeness (QED) is 0.603. The fourth-order valence-corrected chi connectivity index (χ4v) is 2.63. The molecule has 0 spiro atoms. The molecule has 2 N–H and O–H groups in total. The Morgan fingerprint density at radius 3 is 2.31 bits per heavy atom. The van der Waals surface area contributed by atoms with Gasteiger partial charge in [-0.05, 0) is 47.2 Å². The van der Waals surface area contributed by atoms with Crippen LogP contribution in [0.5, 0.6) is 5.75 Å². The highest BCUT2D eigenvalue weighted by atomic mass is 16.6. The van der Waals surface area contributed by atoms with E-state index in [9.17, 15) is 14.4 Å². The van der Waals surface area contributed by atoms with Crippen LogP contribution in [0.2, 0.25) is 0 Å². The fraction of sp³-hybridized carbons (Fsp3) is 0.136. The molecule has 0 saturated heterocycles. The number of hydrogen-bond donors (Lipinski definition) is 2. The predicted molar refractivity (Wildman–Crippen MR) is 109 cm³/mol. The molecule has 3 rings (SSSR count). The SMILES string of the molecule is CNC(=O)c1ccc(NC(=O)COC(=O)COc2ccc3ccccc3c2)cc1. The van der Waals surface area contributed by atoms with Gasteiger partial charge in [-0.1, -0.05) is 30.3 Å². The number of esters is 1. The molecule has 7 heteroatoms. The van der Waals surface area contributed by atoms with Crippen LogP contribution in [0.3, 0.4) is 0 Å². The number of anilines is 1. The van der Waals surface area contributed by atoms with Crippen LogP contribution in [-0.4, -0.2) is 38.0 Å². The van der Waals surface area contributed by atoms with Crippen molar-refractivity contribution in [1.82, 2.24) is 5.32 Å². The molecule has 0 unspecified atom stereocenters. The number of ether oxygens (including phenoxy) is 2. The Hall–Kier alpha value is -3.87. The number of rotatable bonds is 7. The van der Waals surface area contributed by atoms with Crippen molar-refractivity contribution in [2.45, 2.75) is 0 Å². The van der Waals surface area contributed by atoms with E-state index in [4.69, 9.17) is 9.47 Å². The minimum Gasteiger partial charge on any atom is -0.482 e. The monoisotopic (exact) mass is 392 g/mol. The van der Waals surface area contributed by atoms with Gasteiger partial charge in [0.1, 0.15) is 5.75 Å². The van der Waals surface area contributed by atoms with E-state index < -0.39 is 18.5 Å². The second-order valence-electron chi connectivity index (χ2n) is 6.16. The second kappa shape index (κ2) is 9.36. The Morgan fingerprint density at radius 1 is 0.862 bits per heavy atom. The molecule has 0 saturated carbocycles. The summed E-state index contributed by atoms with van der Waals surface area (Å²) in [5.74, 6) is -0.815. The molecule has 0 fully saturated rings. The van der Waals surface area contributed by atoms with Crippen LogP contribution in [0.1, 0.15) is 10.4 Å². The molecule has 148 valence electrons. The van der Waals surface area contributed by atoms with Gasteiger partial charge in [0, 0.05) is 18.3 Å². The van der Waals surface area contributed by atoms with E-state index >= 15 is 0 Å². The van der Waals surface area contributed by atoms with E-state index in [0.29, 0.717) is 17.0 Å². The molecule has 0 atom stereocenters. The van der Waals surface area contributed by atoms with E-state index in [1.54, 1.807) is 30.3 Å². The van der Waals surface area contributed by atoms with Crippen molar-refractivity contribution >= 4 is 34.2 Å². The third-order valence-electron chi connectivity index (χ3n) is 4.10. The first-order valence-corrected chi connectivity index (χ1v) is 8.94. The average molecular weight is 392 g/mol. The zero-order valence-electron chi connectivity index (χ0n) is 15.8. The van der Waals surface area contributed by atoms with Crippen LogP contribution in [-0.2, 0) is 14.3 Å². The summed E-state index contributed by atoms with van der Waals surface area (Å²) in [5, 5.41) is 7.17. The first-order valence-electron chi connectivity index (χ1n) is 8.94. The first-order chi connectivity index (χ1) is 14.0. The van der Waals surface area contributed by atoms with Crippen LogP contribution in [0.15, 0.2) is 66.7 Å². The summed E-state index contributed by atoms with van der Waals surface area (Å²) in [4.78, 5) is 35.2. The molecule has 3 aromatic rings. The van der Waals surface area contributed by atoms with Gasteiger partial charge in [0.05, 0.1) is 0 Å². The van der Waals surface area contributed by atoms with Gasteiger partial charge in [0.15, 0.2) is 13.2 Å². The zero-order valence-corrected chi connectivity index (χ0v) is 15.8. The topological polar surface area (TPSA) is 93.7 Å². The van der Waals surface area contributed by atoms with Crippen molar-refractivity contribution in [2.24, 2.45) is 0 Å². The number of nitrogens with one attached hydrogen (secondary N) is 2. The molecule has 0 aliphatic rings. The van der Waals surface area contributed by atoms with Gasteiger partial charge in [0.2, 0.25) is 0 Å². The number of carbonyl (C=O) groups is 3. The summed E-state index contributed by atoms with van der Waals surface area (Å²) in [7, 11) is 1.54. The molecule has 7 nitrogen and oxygen atoms in total.